The van der Waals surface area contributed by atoms with Gasteiger partial charge in [-0.05, 0) is 72.9 Å². The van der Waals surface area contributed by atoms with Gasteiger partial charge in [0.25, 0.3) is 17.4 Å². The molecule has 5 heterocycles. The minimum absolute atomic E-state index is 0.00473. The number of benzene rings is 3. The number of aromatic nitrogens is 2. The molecule has 1 atom stereocenters. The molecule has 0 saturated carbocycles. The first kappa shape index (κ1) is 66.4. The molecule has 3 fully saturated rings. The van der Waals surface area contributed by atoms with Crippen LogP contribution in [0.25, 0.3) is 10.8 Å². The molecule has 3 N–H and O–H groups in total. The smallest absolute Gasteiger partial charge is 0.393 e. The Labute approximate surface area is 465 Å². The van der Waals surface area contributed by atoms with Crippen LogP contribution in [0, 0.1) is 11.7 Å². The maximum atomic E-state index is 15.0. The van der Waals surface area contributed by atoms with Gasteiger partial charge in [-0.25, -0.2) is 9.49 Å². The van der Waals surface area contributed by atoms with Gasteiger partial charge in [0.15, 0.2) is 0 Å². The quantitative estimate of drug-likeness (QED) is 0.0711. The Hall–Kier alpha value is -5.92. The van der Waals surface area contributed by atoms with Gasteiger partial charge in [-0.3, -0.25) is 29.1 Å². The second kappa shape index (κ2) is 34.9. The van der Waals surface area contributed by atoms with Crippen molar-refractivity contribution in [3.8, 4) is 0 Å². The zero-order valence-electron chi connectivity index (χ0n) is 47.2. The third kappa shape index (κ3) is 20.7. The lowest BCUT2D eigenvalue weighted by atomic mass is 9.92. The van der Waals surface area contributed by atoms with Crippen molar-refractivity contribution in [3.63, 3.8) is 0 Å². The third-order valence-corrected chi connectivity index (χ3v) is 13.7. The lowest BCUT2D eigenvalue weighted by molar-refractivity contribution is -0.134. The second-order valence-corrected chi connectivity index (χ2v) is 19.2. The Kier molecular flexibility index (Phi) is 29.7. The number of likely N-dealkylation sites (tertiary alicyclic amines) is 1. The number of alkyl halides is 3. The van der Waals surface area contributed by atoms with Gasteiger partial charge in [-0.2, -0.15) is 30.9 Å². The van der Waals surface area contributed by atoms with Gasteiger partial charge in [0.2, 0.25) is 5.91 Å². The predicted molar refractivity (Wildman–Crippen MR) is 309 cm³/mol. The van der Waals surface area contributed by atoms with Crippen LogP contribution in [-0.4, -0.2) is 162 Å². The number of H-pyrrole nitrogens is 1. The highest BCUT2D eigenvalue weighted by Gasteiger charge is 2.33. The molecule has 1 unspecified atom stereocenters. The van der Waals surface area contributed by atoms with Crippen LogP contribution >= 0.6 is 12.6 Å². The van der Waals surface area contributed by atoms with Gasteiger partial charge in [-0.1, -0.05) is 116 Å². The number of aliphatic imine (C=N–C) groups is 1. The van der Waals surface area contributed by atoms with Crippen molar-refractivity contribution in [2.45, 2.75) is 112 Å². The van der Waals surface area contributed by atoms with Crippen molar-refractivity contribution in [2.75, 3.05) is 91.3 Å². The summed E-state index contributed by atoms with van der Waals surface area (Å²) in [6.45, 7) is 21.2. The first-order chi connectivity index (χ1) is 37.5. The number of nitrogens with two attached hydrogens (primary N) is 1. The minimum atomic E-state index is -4.30. The fourth-order valence-corrected chi connectivity index (χ4v) is 9.12. The molecule has 3 amide bonds. The normalized spacial score (nSPS) is 16.9. The maximum Gasteiger partial charge on any atom is 0.393 e. The Morgan fingerprint density at radius 1 is 0.744 bits per heavy atom. The maximum absolute atomic E-state index is 15.0. The van der Waals surface area contributed by atoms with E-state index >= 15 is 4.39 Å². The topological polar surface area (TPSA) is 169 Å². The Morgan fingerprint density at radius 2 is 1.31 bits per heavy atom. The van der Waals surface area contributed by atoms with Gasteiger partial charge >= 0.3 is 6.18 Å². The molecule has 3 saturated heterocycles. The van der Waals surface area contributed by atoms with E-state index in [2.05, 4.69) is 65.3 Å². The highest BCUT2D eigenvalue weighted by Crippen LogP contribution is 2.28. The first-order valence-corrected chi connectivity index (χ1v) is 28.5. The van der Waals surface area contributed by atoms with E-state index in [0.717, 1.165) is 51.9 Å². The fraction of sp³-hybridized carbons (Fsp3) is 0.542. The number of halogens is 4. The number of piperazine rings is 2. The second-order valence-electron chi connectivity index (χ2n) is 19.2. The number of nitrogens with one attached hydrogen (secondary N) is 1. The number of unbranched alkanes of at least 4 members (excludes halogenated alkanes) is 2. The van der Waals surface area contributed by atoms with Crippen LogP contribution in [0.5, 0.6) is 0 Å². The van der Waals surface area contributed by atoms with E-state index in [1.165, 1.54) is 56.9 Å². The number of amides is 3. The molecule has 4 aliphatic rings. The minimum Gasteiger partial charge on any atom is -0.397 e. The van der Waals surface area contributed by atoms with E-state index in [1.807, 2.05) is 26.0 Å². The number of piperidine rings is 1. The molecule has 0 bridgehead atoms. The summed E-state index contributed by atoms with van der Waals surface area (Å²) in [5.41, 5.74) is 8.57. The molecule has 14 nitrogen and oxygen atoms in total. The average molecular weight is 1110 g/mol. The van der Waals surface area contributed by atoms with Crippen LogP contribution in [0.3, 0.4) is 0 Å². The molecule has 8 rings (SSSR count). The summed E-state index contributed by atoms with van der Waals surface area (Å²) >= 11 is 3.53. The van der Waals surface area contributed by atoms with Crippen molar-refractivity contribution >= 4 is 53.1 Å². The molecule has 1 aromatic heterocycles. The number of thiol groups is 1. The number of aromatic amines is 1. The summed E-state index contributed by atoms with van der Waals surface area (Å²) in [5, 5.41) is 7.93. The largest absolute Gasteiger partial charge is 0.397 e. The number of fused-ring (bicyclic) bond motifs is 1. The zero-order chi connectivity index (χ0) is 57.8. The Morgan fingerprint density at radius 3 is 1.88 bits per heavy atom. The highest BCUT2D eigenvalue weighted by molar-refractivity contribution is 7.79. The first-order valence-electron chi connectivity index (χ1n) is 27.6. The van der Waals surface area contributed by atoms with E-state index in [-0.39, 0.29) is 52.4 Å². The highest BCUT2D eigenvalue weighted by atomic mass is 32.1. The number of carbonyl (C=O) groups excluding carboxylic acids is 4. The zero-order valence-corrected chi connectivity index (χ0v) is 48.1. The van der Waals surface area contributed by atoms with E-state index in [1.54, 1.807) is 57.4 Å². The molecule has 78 heavy (non-hydrogen) atoms. The van der Waals surface area contributed by atoms with Crippen LogP contribution in [0.15, 0.2) is 88.3 Å². The molecule has 4 aliphatic heterocycles. The van der Waals surface area contributed by atoms with Crippen LogP contribution in [0.1, 0.15) is 126 Å². The fourth-order valence-electron chi connectivity index (χ4n) is 9.12. The van der Waals surface area contributed by atoms with E-state index in [9.17, 15) is 32.3 Å². The van der Waals surface area contributed by atoms with Crippen molar-refractivity contribution in [1.82, 2.24) is 34.7 Å². The van der Waals surface area contributed by atoms with Gasteiger partial charge in [0.05, 0.1) is 41.9 Å². The summed E-state index contributed by atoms with van der Waals surface area (Å²) < 4.78 is 53.9. The van der Waals surface area contributed by atoms with Crippen molar-refractivity contribution in [1.29, 1.82) is 0 Å². The molecule has 4 aromatic rings. The van der Waals surface area contributed by atoms with Gasteiger partial charge in [0, 0.05) is 89.7 Å². The lowest BCUT2D eigenvalue weighted by Gasteiger charge is -2.40. The monoisotopic (exact) mass is 1110 g/mol. The van der Waals surface area contributed by atoms with Crippen LogP contribution in [0.2, 0.25) is 0 Å². The average Bonchev–Trinajstić information content (AvgIpc) is 3.48. The van der Waals surface area contributed by atoms with Gasteiger partial charge < -0.3 is 30.1 Å². The summed E-state index contributed by atoms with van der Waals surface area (Å²) in [6, 6.07) is 17.9. The number of aldehydes is 1. The number of hydrogen-bond donors (Lipinski definition) is 3. The van der Waals surface area contributed by atoms with Crippen molar-refractivity contribution in [2.24, 2.45) is 16.6 Å². The summed E-state index contributed by atoms with van der Waals surface area (Å²) in [7, 11) is 0. The summed E-state index contributed by atoms with van der Waals surface area (Å²) in [5.74, 6) is -1.16. The predicted octanol–water partition coefficient (Wildman–Crippen LogP) is 9.37. The van der Waals surface area contributed by atoms with E-state index < -0.39 is 24.3 Å². The summed E-state index contributed by atoms with van der Waals surface area (Å²) in [6.07, 6.45) is 6.11. The van der Waals surface area contributed by atoms with Crippen molar-refractivity contribution in [3.05, 3.63) is 123 Å². The van der Waals surface area contributed by atoms with Crippen molar-refractivity contribution < 1.29 is 36.7 Å². The summed E-state index contributed by atoms with van der Waals surface area (Å²) in [4.78, 5) is 75.5. The molecular weight excluding hydrogens is 1020 g/mol. The van der Waals surface area contributed by atoms with Crippen LogP contribution in [0.4, 0.5) is 17.6 Å². The number of dihydropyridines is 1. The number of rotatable bonds is 12. The number of hydrogen-bond acceptors (Lipinski definition) is 11. The standard InChI is InChI=1S/C46H51F4N9O4.2C4H10.C2H4O.C2H6.CH4S/c47-38-9-8-31(24-40-35-6-1-2-7-36(35)43(61)54-53-40)23-37(38)44(62)59-20-18-57(19-21-59)41(60)29-56-16-14-55(15-17-56)28-30-10-12-58(13-11-30)45(63)42-39(51)25-34(27-52-42)33-5-3-4-32(22-33)26-46(48,49)50;2*1-3-4-2;1-2-3;2*1-2/h1-9,22-23,25,30,34H,10-21,24,26-29,51H2,(H,54,61);2*3-4H2,1-2H3;2H,1H3;1-2H3;2H,1H3. The Bertz CT molecular complexity index is 2600. The van der Waals surface area contributed by atoms with Gasteiger partial charge in [0.1, 0.15) is 17.8 Å². The number of nitrogens with zero attached hydrogens (tertiary/aromatic N) is 7. The third-order valence-electron chi connectivity index (χ3n) is 13.7. The molecule has 0 spiro atoms. The molecule has 0 radical (unpaired) electrons. The Balaban J connectivity index is 0.000000960. The number of carbonyl (C=O) groups is 4. The molecule has 0 aliphatic carbocycles. The molecule has 430 valence electrons. The SMILES string of the molecule is CC.CC=O.CCCC.CCCC.CS.NC1=CC(c2cccc(CC(F)(F)F)c2)CN=C1C(=O)N1CCC(CN2CCN(CC(=O)N3CCN(C(=O)c4cc(Cc5n[nH]c(=O)c6ccccc56)ccc4F)CC3)CC2)CC1. The molecular formula is C59H85F4N9O5S. The van der Waals surface area contributed by atoms with E-state index in [4.69, 9.17) is 10.5 Å². The molecule has 3 aromatic carbocycles. The van der Waals surface area contributed by atoms with E-state index in [0.29, 0.717) is 85.7 Å². The van der Waals surface area contributed by atoms with Crippen LogP contribution < -0.4 is 11.3 Å². The molecule has 19 heteroatoms. The van der Waals surface area contributed by atoms with Gasteiger partial charge in [-0.15, -0.1) is 0 Å². The van der Waals surface area contributed by atoms with Crippen LogP contribution in [-0.2, 0) is 27.2 Å². The lowest BCUT2D eigenvalue weighted by Crippen LogP contribution is -2.55.